The highest BCUT2D eigenvalue weighted by Crippen LogP contribution is 2.24. The molecular weight excluding hydrogens is 268 g/mol. The maximum atomic E-state index is 12.1. The quantitative estimate of drug-likeness (QED) is 0.852. The maximum Gasteiger partial charge on any atom is 0.290 e. The van der Waals surface area contributed by atoms with Crippen LogP contribution in [0.5, 0.6) is 0 Å². The molecule has 19 heavy (non-hydrogen) atoms. The van der Waals surface area contributed by atoms with E-state index in [1.54, 1.807) is 0 Å². The van der Waals surface area contributed by atoms with Crippen LogP contribution in [-0.4, -0.2) is 37.0 Å². The van der Waals surface area contributed by atoms with Crippen molar-refractivity contribution in [2.24, 2.45) is 0 Å². The largest absolute Gasteiger partial charge is 0.350 e. The van der Waals surface area contributed by atoms with Gasteiger partial charge in [0.1, 0.15) is 0 Å². The van der Waals surface area contributed by atoms with Crippen molar-refractivity contribution in [1.29, 1.82) is 0 Å². The Hall–Kier alpha value is -1.37. The Morgan fingerprint density at radius 2 is 2.11 bits per heavy atom. The normalized spacial score (nSPS) is 24.9. The van der Waals surface area contributed by atoms with Crippen LogP contribution in [0.15, 0.2) is 4.52 Å². The van der Waals surface area contributed by atoms with Crippen LogP contribution in [0.1, 0.15) is 41.1 Å². The van der Waals surface area contributed by atoms with E-state index in [-0.39, 0.29) is 29.2 Å². The van der Waals surface area contributed by atoms with E-state index in [0.717, 1.165) is 36.9 Å². The summed E-state index contributed by atoms with van der Waals surface area (Å²) >= 11 is 0. The Morgan fingerprint density at radius 3 is 2.84 bits per heavy atom. The highest BCUT2D eigenvalue weighted by atomic mass is 32.2. The number of carbonyl (C=O) groups is 1. The summed E-state index contributed by atoms with van der Waals surface area (Å²) in [6.07, 6.45) is 4.24. The molecule has 0 bridgehead atoms. The number of carbonyl (C=O) groups excluding carboxylic acids is 1. The van der Waals surface area contributed by atoms with Gasteiger partial charge >= 0.3 is 0 Å². The van der Waals surface area contributed by atoms with Crippen LogP contribution < -0.4 is 5.32 Å². The zero-order valence-corrected chi connectivity index (χ0v) is 11.3. The van der Waals surface area contributed by atoms with E-state index in [4.69, 9.17) is 4.52 Å². The van der Waals surface area contributed by atoms with Gasteiger partial charge in [0, 0.05) is 11.6 Å². The number of hydrogen-bond acceptors (Lipinski definition) is 5. The lowest BCUT2D eigenvalue weighted by molar-refractivity contribution is 0.0902. The van der Waals surface area contributed by atoms with E-state index in [9.17, 15) is 13.2 Å². The van der Waals surface area contributed by atoms with Gasteiger partial charge in [0.05, 0.1) is 17.2 Å². The first-order chi connectivity index (χ1) is 9.05. The molecule has 7 heteroatoms. The van der Waals surface area contributed by atoms with Gasteiger partial charge in [-0.1, -0.05) is 5.16 Å². The lowest BCUT2D eigenvalue weighted by atomic mass is 9.96. The SMILES string of the molecule is O=C(NC1CCS(=O)(=O)C1)c1onc2c1CCCC2. The Balaban J connectivity index is 1.73. The van der Waals surface area contributed by atoms with Crippen LogP contribution in [0.2, 0.25) is 0 Å². The molecule has 1 aromatic heterocycles. The molecule has 1 fully saturated rings. The molecule has 0 saturated carbocycles. The zero-order chi connectivity index (χ0) is 13.5. The molecule has 1 unspecified atom stereocenters. The summed E-state index contributed by atoms with van der Waals surface area (Å²) < 4.78 is 27.8. The number of nitrogens with one attached hydrogen (secondary N) is 1. The van der Waals surface area contributed by atoms with E-state index in [0.29, 0.717) is 6.42 Å². The van der Waals surface area contributed by atoms with Gasteiger partial charge < -0.3 is 9.84 Å². The molecule has 1 aromatic rings. The van der Waals surface area contributed by atoms with Crippen LogP contribution in [0.25, 0.3) is 0 Å². The van der Waals surface area contributed by atoms with Gasteiger partial charge in [0.15, 0.2) is 9.84 Å². The first-order valence-electron chi connectivity index (χ1n) is 6.54. The minimum atomic E-state index is -2.99. The highest BCUT2D eigenvalue weighted by Gasteiger charge is 2.31. The summed E-state index contributed by atoms with van der Waals surface area (Å²) in [5.74, 6) is 0.0957. The Bertz CT molecular complexity index is 605. The zero-order valence-electron chi connectivity index (χ0n) is 10.5. The second kappa shape index (κ2) is 4.63. The van der Waals surface area contributed by atoms with Gasteiger partial charge in [0.2, 0.25) is 5.76 Å². The molecule has 1 amide bonds. The van der Waals surface area contributed by atoms with Gasteiger partial charge in [-0.3, -0.25) is 4.79 Å². The van der Waals surface area contributed by atoms with Crippen LogP contribution in [0.4, 0.5) is 0 Å². The minimum Gasteiger partial charge on any atom is -0.350 e. The summed E-state index contributed by atoms with van der Waals surface area (Å²) in [6, 6.07) is -0.304. The Labute approximate surface area is 111 Å². The molecule has 104 valence electrons. The predicted octanol–water partition coefficient (Wildman–Crippen LogP) is 0.470. The molecule has 0 aromatic carbocycles. The smallest absolute Gasteiger partial charge is 0.290 e. The summed E-state index contributed by atoms with van der Waals surface area (Å²) in [7, 11) is -2.99. The van der Waals surface area contributed by atoms with Crippen molar-refractivity contribution in [1.82, 2.24) is 10.5 Å². The van der Waals surface area contributed by atoms with Crippen LogP contribution in [-0.2, 0) is 22.7 Å². The number of aryl methyl sites for hydroxylation is 1. The second-order valence-corrected chi connectivity index (χ2v) is 7.45. The molecule has 1 saturated heterocycles. The number of sulfone groups is 1. The fourth-order valence-corrected chi connectivity index (χ4v) is 4.40. The Kier molecular flexibility index (Phi) is 3.08. The highest BCUT2D eigenvalue weighted by molar-refractivity contribution is 7.91. The van der Waals surface area contributed by atoms with Gasteiger partial charge in [0.25, 0.3) is 5.91 Å². The van der Waals surface area contributed by atoms with Gasteiger partial charge in [-0.25, -0.2) is 8.42 Å². The average Bonchev–Trinajstić information content (AvgIpc) is 2.92. The first kappa shape index (κ1) is 12.7. The van der Waals surface area contributed by atoms with E-state index in [2.05, 4.69) is 10.5 Å². The first-order valence-corrected chi connectivity index (χ1v) is 8.36. The number of fused-ring (bicyclic) bond motifs is 1. The maximum absolute atomic E-state index is 12.1. The summed E-state index contributed by atoms with van der Waals surface area (Å²) in [4.78, 5) is 12.1. The molecule has 6 nitrogen and oxygen atoms in total. The van der Waals surface area contributed by atoms with Crippen molar-refractivity contribution >= 4 is 15.7 Å². The molecular formula is C12H16N2O4S. The molecule has 0 spiro atoms. The monoisotopic (exact) mass is 284 g/mol. The van der Waals surface area contributed by atoms with Crippen molar-refractivity contribution < 1.29 is 17.7 Å². The fraction of sp³-hybridized carbons (Fsp3) is 0.667. The number of nitrogens with zero attached hydrogens (tertiary/aromatic N) is 1. The minimum absolute atomic E-state index is 0.0229. The summed E-state index contributed by atoms with van der Waals surface area (Å²) in [6.45, 7) is 0. The van der Waals surface area contributed by atoms with Gasteiger partial charge in [-0.2, -0.15) is 0 Å². The van der Waals surface area contributed by atoms with Crippen molar-refractivity contribution in [3.8, 4) is 0 Å². The number of aromatic nitrogens is 1. The average molecular weight is 284 g/mol. The standard InChI is InChI=1S/C12H16N2O4S/c15-12(13-8-5-6-19(16,17)7-8)11-9-3-1-2-4-10(9)14-18-11/h8H,1-7H2,(H,13,15). The van der Waals surface area contributed by atoms with Crippen LogP contribution in [0, 0.1) is 0 Å². The molecule has 1 N–H and O–H groups in total. The van der Waals surface area contributed by atoms with Gasteiger partial charge in [-0.05, 0) is 32.1 Å². The van der Waals surface area contributed by atoms with Crippen molar-refractivity contribution in [3.63, 3.8) is 0 Å². The van der Waals surface area contributed by atoms with Crippen LogP contribution >= 0.6 is 0 Å². The van der Waals surface area contributed by atoms with E-state index in [1.165, 1.54) is 0 Å². The lowest BCUT2D eigenvalue weighted by Gasteiger charge is -2.11. The lowest BCUT2D eigenvalue weighted by Crippen LogP contribution is -2.35. The third kappa shape index (κ3) is 2.51. The molecule has 2 aliphatic rings. The van der Waals surface area contributed by atoms with Crippen molar-refractivity contribution in [2.75, 3.05) is 11.5 Å². The third-order valence-corrected chi connectivity index (χ3v) is 5.50. The van der Waals surface area contributed by atoms with E-state index < -0.39 is 9.84 Å². The Morgan fingerprint density at radius 1 is 1.32 bits per heavy atom. The van der Waals surface area contributed by atoms with Crippen molar-refractivity contribution in [3.05, 3.63) is 17.0 Å². The molecule has 1 aliphatic carbocycles. The topological polar surface area (TPSA) is 89.3 Å². The molecule has 1 atom stereocenters. The second-order valence-electron chi connectivity index (χ2n) is 5.22. The van der Waals surface area contributed by atoms with Crippen LogP contribution in [0.3, 0.4) is 0 Å². The van der Waals surface area contributed by atoms with Gasteiger partial charge in [-0.15, -0.1) is 0 Å². The fourth-order valence-electron chi connectivity index (χ4n) is 2.73. The van der Waals surface area contributed by atoms with E-state index >= 15 is 0 Å². The number of amides is 1. The summed E-state index contributed by atoms with van der Waals surface area (Å²) in [5, 5.41) is 6.66. The molecule has 3 rings (SSSR count). The van der Waals surface area contributed by atoms with E-state index in [1.807, 2.05) is 0 Å². The summed E-state index contributed by atoms with van der Waals surface area (Å²) in [5.41, 5.74) is 1.76. The predicted molar refractivity (Wildman–Crippen MR) is 67.7 cm³/mol. The molecule has 2 heterocycles. The number of hydrogen-bond donors (Lipinski definition) is 1. The molecule has 0 radical (unpaired) electrons. The van der Waals surface area contributed by atoms with Crippen molar-refractivity contribution in [2.45, 2.75) is 38.1 Å². The molecule has 1 aliphatic heterocycles. The third-order valence-electron chi connectivity index (χ3n) is 3.73. The number of rotatable bonds is 2.